The highest BCUT2D eigenvalue weighted by Crippen LogP contribution is 2.23. The molecular weight excluding hydrogens is 212 g/mol. The van der Waals surface area contributed by atoms with Gasteiger partial charge in [0.05, 0.1) is 6.26 Å². The summed E-state index contributed by atoms with van der Waals surface area (Å²) in [5, 5.41) is 10.1. The molecule has 1 aromatic carbocycles. The Morgan fingerprint density at radius 1 is 1.12 bits per heavy atom. The lowest BCUT2D eigenvalue weighted by Gasteiger charge is -2.10. The quantitative estimate of drug-likeness (QED) is 0.875. The van der Waals surface area contributed by atoms with Crippen LogP contribution in [0.4, 0.5) is 0 Å². The molecule has 2 nitrogen and oxygen atoms in total. The number of rotatable bonds is 3. The predicted molar refractivity (Wildman–Crippen MR) is 68.0 cm³/mol. The number of aryl methyl sites for hydroxylation is 3. The number of furan rings is 1. The zero-order valence-electron chi connectivity index (χ0n) is 10.5. The van der Waals surface area contributed by atoms with Crippen LogP contribution in [0.1, 0.15) is 34.1 Å². The Morgan fingerprint density at radius 2 is 1.76 bits per heavy atom. The monoisotopic (exact) mass is 230 g/mol. The normalized spacial score (nSPS) is 12.7. The van der Waals surface area contributed by atoms with Crippen molar-refractivity contribution in [2.45, 2.75) is 33.3 Å². The Bertz CT molecular complexity index is 491. The number of benzene rings is 1. The van der Waals surface area contributed by atoms with E-state index >= 15 is 0 Å². The summed E-state index contributed by atoms with van der Waals surface area (Å²) in [5.41, 5.74) is 4.60. The molecule has 17 heavy (non-hydrogen) atoms. The summed E-state index contributed by atoms with van der Waals surface area (Å²) in [5.74, 6) is 0.671. The third-order valence-corrected chi connectivity index (χ3v) is 2.91. The van der Waals surface area contributed by atoms with Crippen LogP contribution < -0.4 is 0 Å². The summed E-state index contributed by atoms with van der Waals surface area (Å²) in [7, 11) is 0. The summed E-state index contributed by atoms with van der Waals surface area (Å²) in [6.45, 7) is 6.09. The fourth-order valence-electron chi connectivity index (χ4n) is 2.23. The number of hydrogen-bond acceptors (Lipinski definition) is 2. The highest BCUT2D eigenvalue weighted by Gasteiger charge is 2.14. The van der Waals surface area contributed by atoms with Gasteiger partial charge >= 0.3 is 0 Å². The fraction of sp³-hybridized carbons (Fsp3) is 0.333. The van der Waals surface area contributed by atoms with Gasteiger partial charge in [-0.2, -0.15) is 0 Å². The average Bonchev–Trinajstić information content (AvgIpc) is 2.62. The molecule has 1 aromatic heterocycles. The van der Waals surface area contributed by atoms with Crippen LogP contribution in [0.2, 0.25) is 0 Å². The molecular formula is C15H18O2. The van der Waals surface area contributed by atoms with E-state index in [0.29, 0.717) is 12.2 Å². The molecule has 90 valence electrons. The van der Waals surface area contributed by atoms with Crippen molar-refractivity contribution in [3.8, 4) is 0 Å². The van der Waals surface area contributed by atoms with E-state index in [2.05, 4.69) is 32.0 Å². The first-order valence-corrected chi connectivity index (χ1v) is 5.85. The van der Waals surface area contributed by atoms with Crippen LogP contribution in [-0.2, 0) is 6.42 Å². The van der Waals surface area contributed by atoms with Gasteiger partial charge in [0.2, 0.25) is 0 Å². The molecule has 0 amide bonds. The van der Waals surface area contributed by atoms with Crippen LogP contribution in [-0.4, -0.2) is 5.11 Å². The second-order valence-electron chi connectivity index (χ2n) is 4.68. The molecule has 2 aromatic rings. The molecule has 0 saturated heterocycles. The lowest BCUT2D eigenvalue weighted by atomic mass is 10.0. The van der Waals surface area contributed by atoms with Gasteiger partial charge in [0.1, 0.15) is 11.9 Å². The van der Waals surface area contributed by atoms with Gasteiger partial charge in [-0.1, -0.05) is 29.3 Å². The maximum Gasteiger partial charge on any atom is 0.135 e. The van der Waals surface area contributed by atoms with E-state index in [-0.39, 0.29) is 0 Å². The minimum Gasteiger partial charge on any atom is -0.466 e. The van der Waals surface area contributed by atoms with Gasteiger partial charge in [0.25, 0.3) is 0 Å². The lowest BCUT2D eigenvalue weighted by molar-refractivity contribution is 0.149. The van der Waals surface area contributed by atoms with E-state index in [1.807, 2.05) is 13.0 Å². The molecule has 0 aliphatic carbocycles. The number of aliphatic hydroxyl groups excluding tert-OH is 1. The third-order valence-electron chi connectivity index (χ3n) is 2.91. The SMILES string of the molecule is Cc1cc(C)cc(CC(O)c2occc2C)c1. The topological polar surface area (TPSA) is 33.4 Å². The van der Waals surface area contributed by atoms with E-state index in [4.69, 9.17) is 4.42 Å². The second-order valence-corrected chi connectivity index (χ2v) is 4.68. The van der Waals surface area contributed by atoms with E-state index < -0.39 is 6.10 Å². The zero-order valence-corrected chi connectivity index (χ0v) is 10.5. The van der Waals surface area contributed by atoms with Crippen molar-refractivity contribution in [1.82, 2.24) is 0 Å². The Labute approximate surface area is 102 Å². The van der Waals surface area contributed by atoms with Gasteiger partial charge in [-0.3, -0.25) is 0 Å². The van der Waals surface area contributed by atoms with E-state index in [0.717, 1.165) is 11.1 Å². The first kappa shape index (κ1) is 11.9. The summed E-state index contributed by atoms with van der Waals surface area (Å²) in [4.78, 5) is 0. The van der Waals surface area contributed by atoms with Crippen LogP contribution in [0.15, 0.2) is 34.9 Å². The molecule has 0 spiro atoms. The average molecular weight is 230 g/mol. The van der Waals surface area contributed by atoms with Crippen molar-refractivity contribution in [2.75, 3.05) is 0 Å². The van der Waals surface area contributed by atoms with Crippen molar-refractivity contribution < 1.29 is 9.52 Å². The van der Waals surface area contributed by atoms with Crippen molar-refractivity contribution in [1.29, 1.82) is 0 Å². The van der Waals surface area contributed by atoms with E-state index in [1.165, 1.54) is 11.1 Å². The number of aliphatic hydroxyl groups is 1. The molecule has 0 aliphatic heterocycles. The molecule has 0 saturated carbocycles. The molecule has 0 radical (unpaired) electrons. The standard InChI is InChI=1S/C15H18O2/c1-10-6-11(2)8-13(7-10)9-14(16)15-12(3)4-5-17-15/h4-8,14,16H,9H2,1-3H3. The van der Waals surface area contributed by atoms with Crippen molar-refractivity contribution in [3.05, 3.63) is 58.5 Å². The van der Waals surface area contributed by atoms with Crippen molar-refractivity contribution in [2.24, 2.45) is 0 Å². The Balaban J connectivity index is 2.18. The second kappa shape index (κ2) is 4.76. The van der Waals surface area contributed by atoms with Gasteiger partial charge in [-0.15, -0.1) is 0 Å². The van der Waals surface area contributed by atoms with Crippen LogP contribution in [0.5, 0.6) is 0 Å². The van der Waals surface area contributed by atoms with Crippen molar-refractivity contribution in [3.63, 3.8) is 0 Å². The molecule has 1 atom stereocenters. The minimum absolute atomic E-state index is 0.564. The Kier molecular flexibility index (Phi) is 3.34. The predicted octanol–water partition coefficient (Wildman–Crippen LogP) is 3.48. The lowest BCUT2D eigenvalue weighted by Crippen LogP contribution is -2.02. The smallest absolute Gasteiger partial charge is 0.135 e. The van der Waals surface area contributed by atoms with Gasteiger partial charge in [0.15, 0.2) is 0 Å². The zero-order chi connectivity index (χ0) is 12.4. The number of hydrogen-bond donors (Lipinski definition) is 1. The molecule has 2 rings (SSSR count). The first-order valence-electron chi connectivity index (χ1n) is 5.85. The maximum absolute atomic E-state index is 10.1. The first-order chi connectivity index (χ1) is 8.06. The molecule has 0 fully saturated rings. The molecule has 1 N–H and O–H groups in total. The summed E-state index contributed by atoms with van der Waals surface area (Å²) >= 11 is 0. The van der Waals surface area contributed by atoms with Gasteiger partial charge in [-0.05, 0) is 38.0 Å². The highest BCUT2D eigenvalue weighted by molar-refractivity contribution is 5.30. The summed E-state index contributed by atoms with van der Waals surface area (Å²) in [6, 6.07) is 8.22. The van der Waals surface area contributed by atoms with Crippen LogP contribution >= 0.6 is 0 Å². The summed E-state index contributed by atoms with van der Waals surface area (Å²) < 4.78 is 5.31. The molecule has 1 unspecified atom stereocenters. The molecule has 1 heterocycles. The highest BCUT2D eigenvalue weighted by atomic mass is 16.4. The van der Waals surface area contributed by atoms with Crippen molar-refractivity contribution >= 4 is 0 Å². The Hall–Kier alpha value is -1.54. The minimum atomic E-state index is -0.564. The maximum atomic E-state index is 10.1. The van der Waals surface area contributed by atoms with Gasteiger partial charge in [-0.25, -0.2) is 0 Å². The largest absolute Gasteiger partial charge is 0.466 e. The molecule has 2 heteroatoms. The fourth-order valence-corrected chi connectivity index (χ4v) is 2.23. The van der Waals surface area contributed by atoms with Crippen LogP contribution in [0, 0.1) is 20.8 Å². The molecule has 0 bridgehead atoms. The van der Waals surface area contributed by atoms with Crippen LogP contribution in [0.25, 0.3) is 0 Å². The van der Waals surface area contributed by atoms with E-state index in [1.54, 1.807) is 6.26 Å². The third kappa shape index (κ3) is 2.77. The summed E-state index contributed by atoms with van der Waals surface area (Å²) in [6.07, 6.45) is 1.65. The molecule has 0 aliphatic rings. The van der Waals surface area contributed by atoms with Crippen LogP contribution in [0.3, 0.4) is 0 Å². The Morgan fingerprint density at radius 3 is 2.29 bits per heavy atom. The van der Waals surface area contributed by atoms with E-state index in [9.17, 15) is 5.11 Å². The van der Waals surface area contributed by atoms with Gasteiger partial charge in [0, 0.05) is 6.42 Å². The van der Waals surface area contributed by atoms with Gasteiger partial charge < -0.3 is 9.52 Å².